The van der Waals surface area contributed by atoms with Crippen LogP contribution in [0, 0.1) is 18.2 Å². The summed E-state index contributed by atoms with van der Waals surface area (Å²) < 4.78 is 25.3. The molecule has 1 nitrogen and oxygen atoms in total. The summed E-state index contributed by atoms with van der Waals surface area (Å²) >= 11 is 2.79. The van der Waals surface area contributed by atoms with Crippen LogP contribution in [0.25, 0.3) is 4.85 Å². The van der Waals surface area contributed by atoms with Gasteiger partial charge in [0.1, 0.15) is 0 Å². The van der Waals surface area contributed by atoms with Crippen molar-refractivity contribution in [1.82, 2.24) is 0 Å². The second-order valence-corrected chi connectivity index (χ2v) is 2.66. The second-order valence-electron chi connectivity index (χ2n) is 1.81. The van der Waals surface area contributed by atoms with E-state index in [1.165, 1.54) is 12.1 Å². The molecule has 56 valence electrons. The van der Waals surface area contributed by atoms with Gasteiger partial charge in [0.05, 0.1) is 11.0 Å². The fraction of sp³-hybridized carbons (Fsp3) is 0. The lowest BCUT2D eigenvalue weighted by Crippen LogP contribution is -1.84. The van der Waals surface area contributed by atoms with E-state index in [1.54, 1.807) is 0 Å². The molecule has 0 N–H and O–H groups in total. The van der Waals surface area contributed by atoms with Crippen molar-refractivity contribution in [3.63, 3.8) is 0 Å². The van der Waals surface area contributed by atoms with Crippen LogP contribution in [0.1, 0.15) is 0 Å². The van der Waals surface area contributed by atoms with Crippen LogP contribution in [0.4, 0.5) is 14.5 Å². The van der Waals surface area contributed by atoms with E-state index in [9.17, 15) is 8.78 Å². The third-order valence-electron chi connectivity index (χ3n) is 1.14. The lowest BCUT2D eigenvalue weighted by atomic mass is 10.3. The summed E-state index contributed by atoms with van der Waals surface area (Å²) in [5, 5.41) is 0. The molecule has 0 unspecified atom stereocenters. The molecule has 0 aliphatic carbocycles. The van der Waals surface area contributed by atoms with Gasteiger partial charge in [-0.25, -0.2) is 13.6 Å². The van der Waals surface area contributed by atoms with Crippen LogP contribution in [0.15, 0.2) is 16.6 Å². The number of benzene rings is 1. The quantitative estimate of drug-likeness (QED) is 0.464. The molecule has 0 spiro atoms. The molecule has 4 heteroatoms. The summed E-state index contributed by atoms with van der Waals surface area (Å²) in [5.74, 6) is -2.12. The Kier molecular flexibility index (Phi) is 2.20. The molecular weight excluding hydrogens is 216 g/mol. The van der Waals surface area contributed by atoms with Crippen molar-refractivity contribution in [3.8, 4) is 0 Å². The van der Waals surface area contributed by atoms with E-state index in [0.717, 1.165) is 0 Å². The molecule has 0 atom stereocenters. The zero-order chi connectivity index (χ0) is 8.43. The van der Waals surface area contributed by atoms with Crippen LogP contribution in [0.5, 0.6) is 0 Å². The summed E-state index contributed by atoms with van der Waals surface area (Å²) in [6.07, 6.45) is 0. The first kappa shape index (κ1) is 8.15. The van der Waals surface area contributed by atoms with Gasteiger partial charge in [0.2, 0.25) is 5.69 Å². The van der Waals surface area contributed by atoms with Gasteiger partial charge in [0, 0.05) is 0 Å². The van der Waals surface area contributed by atoms with Crippen LogP contribution in [0.3, 0.4) is 0 Å². The molecule has 0 fully saturated rings. The monoisotopic (exact) mass is 217 g/mol. The third kappa shape index (κ3) is 1.38. The van der Waals surface area contributed by atoms with Crippen molar-refractivity contribution in [2.75, 3.05) is 0 Å². The van der Waals surface area contributed by atoms with Gasteiger partial charge < -0.3 is 0 Å². The minimum atomic E-state index is -1.10. The first-order chi connectivity index (χ1) is 5.16. The minimum Gasteiger partial charge on any atom is -0.235 e. The molecule has 0 amide bonds. The Balaban J connectivity index is 3.40. The highest BCUT2D eigenvalue weighted by atomic mass is 79.9. The van der Waals surface area contributed by atoms with E-state index in [2.05, 4.69) is 20.8 Å². The highest BCUT2D eigenvalue weighted by Crippen LogP contribution is 2.25. The zero-order valence-corrected chi connectivity index (χ0v) is 6.82. The molecule has 0 saturated heterocycles. The molecule has 0 aliphatic rings. The minimum absolute atomic E-state index is 0.0300. The van der Waals surface area contributed by atoms with Gasteiger partial charge in [-0.05, 0) is 15.9 Å². The highest BCUT2D eigenvalue weighted by Gasteiger charge is 2.10. The largest absolute Gasteiger partial charge is 0.235 e. The summed E-state index contributed by atoms with van der Waals surface area (Å²) in [6.45, 7) is 6.45. The maximum atomic E-state index is 12.6. The Hall–Kier alpha value is -0.950. The van der Waals surface area contributed by atoms with E-state index in [-0.39, 0.29) is 10.2 Å². The number of nitrogens with zero attached hydrogens (tertiary/aromatic N) is 1. The maximum Gasteiger partial charge on any atom is 0.225 e. The standard InChI is InChI=1S/C7H2BrF2N/c1-11-5-3-2-4(8)6(9)7(5)10/h2-3H. The molecule has 1 aromatic rings. The van der Waals surface area contributed by atoms with Crippen LogP contribution >= 0.6 is 15.9 Å². The van der Waals surface area contributed by atoms with Gasteiger partial charge in [-0.3, -0.25) is 0 Å². The molecule has 0 saturated carbocycles. The van der Waals surface area contributed by atoms with Gasteiger partial charge >= 0.3 is 0 Å². The highest BCUT2D eigenvalue weighted by molar-refractivity contribution is 9.10. The normalized spacial score (nSPS) is 9.27. The summed E-state index contributed by atoms with van der Waals surface area (Å²) in [5.41, 5.74) is -0.300. The lowest BCUT2D eigenvalue weighted by Gasteiger charge is -1.96. The van der Waals surface area contributed by atoms with E-state index < -0.39 is 11.6 Å². The van der Waals surface area contributed by atoms with Crippen molar-refractivity contribution < 1.29 is 8.78 Å². The van der Waals surface area contributed by atoms with Crippen molar-refractivity contribution in [2.24, 2.45) is 0 Å². The molecule has 0 heterocycles. The number of hydrogen-bond donors (Lipinski definition) is 0. The van der Waals surface area contributed by atoms with Crippen LogP contribution in [-0.4, -0.2) is 0 Å². The topological polar surface area (TPSA) is 4.36 Å². The fourth-order valence-electron chi connectivity index (χ4n) is 0.602. The number of rotatable bonds is 0. The van der Waals surface area contributed by atoms with Gasteiger partial charge in [0.15, 0.2) is 11.6 Å². The Morgan fingerprint density at radius 2 is 1.91 bits per heavy atom. The Morgan fingerprint density at radius 3 is 2.45 bits per heavy atom. The van der Waals surface area contributed by atoms with Gasteiger partial charge in [-0.2, -0.15) is 0 Å². The van der Waals surface area contributed by atoms with E-state index in [1.807, 2.05) is 0 Å². The molecule has 0 aromatic heterocycles. The average molecular weight is 218 g/mol. The average Bonchev–Trinajstić information content (AvgIpc) is 2.01. The molecule has 1 aromatic carbocycles. The van der Waals surface area contributed by atoms with Crippen molar-refractivity contribution in [2.45, 2.75) is 0 Å². The molecule has 0 bridgehead atoms. The molecule has 0 aliphatic heterocycles. The van der Waals surface area contributed by atoms with Crippen molar-refractivity contribution in [1.29, 1.82) is 0 Å². The fourth-order valence-corrected chi connectivity index (χ4v) is 0.908. The number of hydrogen-bond acceptors (Lipinski definition) is 0. The second kappa shape index (κ2) is 2.97. The molecule has 0 radical (unpaired) electrons. The van der Waals surface area contributed by atoms with E-state index >= 15 is 0 Å². The van der Waals surface area contributed by atoms with Gasteiger partial charge in [-0.15, -0.1) is 0 Å². The SMILES string of the molecule is [C-]#[N+]c1ccc(Br)c(F)c1F. The van der Waals surface area contributed by atoms with Crippen LogP contribution < -0.4 is 0 Å². The van der Waals surface area contributed by atoms with E-state index in [0.29, 0.717) is 0 Å². The predicted molar refractivity (Wildman–Crippen MR) is 40.3 cm³/mol. The lowest BCUT2D eigenvalue weighted by molar-refractivity contribution is 0.508. The smallest absolute Gasteiger partial charge is 0.225 e. The van der Waals surface area contributed by atoms with E-state index in [4.69, 9.17) is 6.57 Å². The zero-order valence-electron chi connectivity index (χ0n) is 5.24. The maximum absolute atomic E-state index is 12.6. The summed E-state index contributed by atoms with van der Waals surface area (Å²) in [4.78, 5) is 2.79. The van der Waals surface area contributed by atoms with Crippen molar-refractivity contribution in [3.05, 3.63) is 39.7 Å². The van der Waals surface area contributed by atoms with Gasteiger partial charge in [-0.1, -0.05) is 12.1 Å². The Bertz CT molecular complexity index is 330. The Labute approximate surface area is 70.6 Å². The third-order valence-corrected chi connectivity index (χ3v) is 1.75. The first-order valence-electron chi connectivity index (χ1n) is 2.67. The van der Waals surface area contributed by atoms with Gasteiger partial charge in [0.25, 0.3) is 0 Å². The number of halogens is 3. The first-order valence-corrected chi connectivity index (χ1v) is 3.47. The molecule has 1 rings (SSSR count). The molecular formula is C7H2BrF2N. The summed E-state index contributed by atoms with van der Waals surface area (Å²) in [7, 11) is 0. The molecule has 11 heavy (non-hydrogen) atoms. The Morgan fingerprint density at radius 1 is 1.27 bits per heavy atom. The van der Waals surface area contributed by atoms with Crippen LogP contribution in [0.2, 0.25) is 0 Å². The predicted octanol–water partition coefficient (Wildman–Crippen LogP) is 3.28. The van der Waals surface area contributed by atoms with Crippen molar-refractivity contribution >= 4 is 21.6 Å². The summed E-state index contributed by atoms with van der Waals surface area (Å²) in [6, 6.07) is 2.52. The van der Waals surface area contributed by atoms with Crippen LogP contribution in [-0.2, 0) is 0 Å².